The van der Waals surface area contributed by atoms with E-state index in [9.17, 15) is 4.79 Å². The Morgan fingerprint density at radius 1 is 1.62 bits per heavy atom. The summed E-state index contributed by atoms with van der Waals surface area (Å²) in [4.78, 5) is 11.8. The molecule has 0 saturated heterocycles. The summed E-state index contributed by atoms with van der Waals surface area (Å²) in [5.74, 6) is -1.09. The average molecular weight is 238 g/mol. The van der Waals surface area contributed by atoms with Crippen molar-refractivity contribution in [2.75, 3.05) is 0 Å². The fourth-order valence-electron chi connectivity index (χ4n) is 2.26. The predicted octanol–water partition coefficient (Wildman–Crippen LogP) is 1.01. The molecule has 1 N–H and O–H groups in total. The number of fused-ring (bicyclic) bond motifs is 1. The third kappa shape index (κ3) is 1.12. The molecule has 2 aromatic heterocycles. The van der Waals surface area contributed by atoms with Gasteiger partial charge in [0.25, 0.3) is 0 Å². The summed E-state index contributed by atoms with van der Waals surface area (Å²) in [5.41, 5.74) is -0.213. The second-order valence-corrected chi connectivity index (χ2v) is 5.60. The van der Waals surface area contributed by atoms with E-state index in [0.29, 0.717) is 4.96 Å². The minimum atomic E-state index is -0.749. The zero-order valence-electron chi connectivity index (χ0n) is 8.78. The topological polar surface area (TPSA) is 80.4 Å². The molecule has 1 aliphatic carbocycles. The number of carboxylic acid groups (broad SMARTS) is 1. The van der Waals surface area contributed by atoms with Crippen molar-refractivity contribution in [3.63, 3.8) is 0 Å². The van der Waals surface area contributed by atoms with Gasteiger partial charge in [-0.05, 0) is 5.41 Å². The van der Waals surface area contributed by atoms with Crippen LogP contribution in [0.5, 0.6) is 0 Å². The van der Waals surface area contributed by atoms with Gasteiger partial charge in [0.2, 0.25) is 4.96 Å². The number of carboxylic acids is 1. The van der Waals surface area contributed by atoms with Gasteiger partial charge in [-0.2, -0.15) is 9.61 Å². The highest BCUT2D eigenvalue weighted by atomic mass is 32.1. The van der Waals surface area contributed by atoms with Crippen LogP contribution in [0, 0.1) is 11.3 Å². The second kappa shape index (κ2) is 2.79. The zero-order chi connectivity index (χ0) is 11.5. The maximum absolute atomic E-state index is 11.1. The van der Waals surface area contributed by atoms with Crippen LogP contribution in [0.15, 0.2) is 6.33 Å². The number of aliphatic carboxylic acids is 1. The van der Waals surface area contributed by atoms with Gasteiger partial charge in [-0.3, -0.25) is 4.79 Å². The third-order valence-corrected chi connectivity index (χ3v) is 4.26. The number of carbonyl (C=O) groups is 1. The first-order valence-corrected chi connectivity index (χ1v) is 5.73. The number of hydrogen-bond acceptors (Lipinski definition) is 5. The molecule has 84 valence electrons. The summed E-state index contributed by atoms with van der Waals surface area (Å²) < 4.78 is 1.59. The molecule has 3 rings (SSSR count). The lowest BCUT2D eigenvalue weighted by Gasteiger charge is -1.96. The summed E-state index contributed by atoms with van der Waals surface area (Å²) in [6, 6.07) is 0. The Bertz CT molecular complexity index is 544. The fourth-order valence-corrected chi connectivity index (χ4v) is 3.41. The van der Waals surface area contributed by atoms with Crippen molar-refractivity contribution in [3.05, 3.63) is 11.3 Å². The van der Waals surface area contributed by atoms with E-state index >= 15 is 0 Å². The van der Waals surface area contributed by atoms with Gasteiger partial charge in [-0.25, -0.2) is 0 Å². The second-order valence-electron chi connectivity index (χ2n) is 4.61. The fraction of sp³-hybridized carbons (Fsp3) is 0.556. The molecule has 1 fully saturated rings. The van der Waals surface area contributed by atoms with Crippen molar-refractivity contribution in [2.45, 2.75) is 19.8 Å². The summed E-state index contributed by atoms with van der Waals surface area (Å²) in [6.45, 7) is 3.91. The summed E-state index contributed by atoms with van der Waals surface area (Å²) in [6.07, 6.45) is 1.53. The molecule has 0 radical (unpaired) electrons. The van der Waals surface area contributed by atoms with Crippen LogP contribution < -0.4 is 0 Å². The van der Waals surface area contributed by atoms with Gasteiger partial charge in [-0.15, -0.1) is 10.2 Å². The molecule has 16 heavy (non-hydrogen) atoms. The van der Waals surface area contributed by atoms with Crippen LogP contribution in [0.3, 0.4) is 0 Å². The van der Waals surface area contributed by atoms with Crippen molar-refractivity contribution in [2.24, 2.45) is 11.3 Å². The highest BCUT2D eigenvalue weighted by Crippen LogP contribution is 2.64. The smallest absolute Gasteiger partial charge is 0.307 e. The van der Waals surface area contributed by atoms with Gasteiger partial charge in [-0.1, -0.05) is 25.2 Å². The first-order chi connectivity index (χ1) is 7.51. The van der Waals surface area contributed by atoms with E-state index in [1.54, 1.807) is 4.52 Å². The molecule has 0 spiro atoms. The van der Waals surface area contributed by atoms with Crippen molar-refractivity contribution in [3.8, 4) is 0 Å². The molecular formula is C9H10N4O2S. The summed E-state index contributed by atoms with van der Waals surface area (Å²) >= 11 is 1.41. The van der Waals surface area contributed by atoms with Crippen molar-refractivity contribution in [1.82, 2.24) is 19.8 Å². The molecule has 0 bridgehead atoms. The monoisotopic (exact) mass is 238 g/mol. The number of nitrogens with zero attached hydrogens (tertiary/aromatic N) is 4. The molecule has 2 aromatic rings. The molecular weight excluding hydrogens is 228 g/mol. The Morgan fingerprint density at radius 3 is 2.94 bits per heavy atom. The van der Waals surface area contributed by atoms with Crippen LogP contribution in [0.1, 0.15) is 24.8 Å². The molecule has 1 aliphatic rings. The van der Waals surface area contributed by atoms with Gasteiger partial charge in [0.1, 0.15) is 11.3 Å². The first kappa shape index (κ1) is 9.71. The average Bonchev–Trinajstić information content (AvgIpc) is 2.50. The standard InChI is InChI=1S/C9H10N4O2S/c1-9(2)4(5(9)7(14)15)6-12-13-3-10-11-8(13)16-6/h3-5H,1-2H3,(H,14,15). The molecule has 7 heteroatoms. The van der Waals surface area contributed by atoms with E-state index in [-0.39, 0.29) is 17.3 Å². The van der Waals surface area contributed by atoms with Crippen LogP contribution in [-0.2, 0) is 4.79 Å². The van der Waals surface area contributed by atoms with Crippen LogP contribution in [0.4, 0.5) is 0 Å². The van der Waals surface area contributed by atoms with E-state index in [1.807, 2.05) is 13.8 Å². The van der Waals surface area contributed by atoms with Crippen LogP contribution in [0.2, 0.25) is 0 Å². The van der Waals surface area contributed by atoms with Crippen molar-refractivity contribution >= 4 is 22.3 Å². The van der Waals surface area contributed by atoms with Gasteiger partial charge in [0.15, 0.2) is 0 Å². The summed E-state index contributed by atoms with van der Waals surface area (Å²) in [7, 11) is 0. The number of aromatic nitrogens is 4. The normalized spacial score (nSPS) is 27.1. The Hall–Kier alpha value is -1.50. The van der Waals surface area contributed by atoms with Crippen LogP contribution in [-0.4, -0.2) is 30.9 Å². The molecule has 2 heterocycles. The number of hydrogen-bond donors (Lipinski definition) is 1. The maximum Gasteiger partial charge on any atom is 0.307 e. The SMILES string of the molecule is CC1(C)C(C(=O)O)C1c1nn2cnnc2s1. The first-order valence-electron chi connectivity index (χ1n) is 4.91. The molecule has 0 amide bonds. The largest absolute Gasteiger partial charge is 0.481 e. The van der Waals surface area contributed by atoms with Crippen molar-refractivity contribution < 1.29 is 9.90 Å². The molecule has 2 unspecified atom stereocenters. The lowest BCUT2D eigenvalue weighted by Crippen LogP contribution is -2.03. The Labute approximate surface area is 94.9 Å². The molecule has 6 nitrogen and oxygen atoms in total. The molecule has 0 aromatic carbocycles. The zero-order valence-corrected chi connectivity index (χ0v) is 9.60. The van der Waals surface area contributed by atoms with E-state index in [1.165, 1.54) is 17.7 Å². The quantitative estimate of drug-likeness (QED) is 0.844. The van der Waals surface area contributed by atoms with E-state index < -0.39 is 5.97 Å². The molecule has 0 aliphatic heterocycles. The van der Waals surface area contributed by atoms with Crippen LogP contribution >= 0.6 is 11.3 Å². The van der Waals surface area contributed by atoms with E-state index in [0.717, 1.165) is 5.01 Å². The lowest BCUT2D eigenvalue weighted by molar-refractivity contribution is -0.139. The molecule has 2 atom stereocenters. The number of rotatable bonds is 2. The van der Waals surface area contributed by atoms with E-state index in [2.05, 4.69) is 15.3 Å². The van der Waals surface area contributed by atoms with E-state index in [4.69, 9.17) is 5.11 Å². The molecule has 1 saturated carbocycles. The Balaban J connectivity index is 2.00. The summed E-state index contributed by atoms with van der Waals surface area (Å²) in [5, 5.41) is 21.8. The van der Waals surface area contributed by atoms with Gasteiger partial charge in [0.05, 0.1) is 5.92 Å². The highest BCUT2D eigenvalue weighted by molar-refractivity contribution is 7.16. The van der Waals surface area contributed by atoms with Gasteiger partial charge >= 0.3 is 5.97 Å². The van der Waals surface area contributed by atoms with Gasteiger partial charge in [0, 0.05) is 5.92 Å². The van der Waals surface area contributed by atoms with Crippen LogP contribution in [0.25, 0.3) is 4.96 Å². The van der Waals surface area contributed by atoms with Crippen molar-refractivity contribution in [1.29, 1.82) is 0 Å². The minimum Gasteiger partial charge on any atom is -0.481 e. The Morgan fingerprint density at radius 2 is 2.38 bits per heavy atom. The van der Waals surface area contributed by atoms with Gasteiger partial charge < -0.3 is 5.11 Å². The minimum absolute atomic E-state index is 0.00306. The predicted molar refractivity (Wildman–Crippen MR) is 56.3 cm³/mol. The Kier molecular flexibility index (Phi) is 1.69. The maximum atomic E-state index is 11.1. The third-order valence-electron chi connectivity index (χ3n) is 3.26. The lowest BCUT2D eigenvalue weighted by atomic mass is 10.1. The highest BCUT2D eigenvalue weighted by Gasteiger charge is 2.64.